The Morgan fingerprint density at radius 2 is 2.13 bits per heavy atom. The maximum absolute atomic E-state index is 4.53. The van der Waals surface area contributed by atoms with Gasteiger partial charge in [-0.15, -0.1) is 0 Å². The molecule has 0 spiro atoms. The Labute approximate surface area is 92.5 Å². The molecule has 0 saturated carbocycles. The Kier molecular flexibility index (Phi) is 4.56. The molecule has 84 valence electrons. The van der Waals surface area contributed by atoms with Crippen molar-refractivity contribution in [3.63, 3.8) is 0 Å². The van der Waals surface area contributed by atoms with E-state index in [9.17, 15) is 0 Å². The molecule has 0 saturated heterocycles. The zero-order valence-electron chi connectivity index (χ0n) is 10.2. The Morgan fingerprint density at radius 1 is 1.40 bits per heavy atom. The SMILES string of the molecule is CCCN(C)c1cc(CNC)cc(C)n1. The Bertz CT molecular complexity index is 310. The number of hydrogen-bond donors (Lipinski definition) is 1. The van der Waals surface area contributed by atoms with E-state index in [4.69, 9.17) is 0 Å². The van der Waals surface area contributed by atoms with Gasteiger partial charge in [-0.05, 0) is 38.1 Å². The van der Waals surface area contributed by atoms with Crippen LogP contribution in [-0.4, -0.2) is 25.6 Å². The van der Waals surface area contributed by atoms with E-state index in [2.05, 4.69) is 41.3 Å². The quantitative estimate of drug-likeness (QED) is 0.800. The average molecular weight is 207 g/mol. The second kappa shape index (κ2) is 5.71. The van der Waals surface area contributed by atoms with Crippen molar-refractivity contribution in [2.75, 3.05) is 25.5 Å². The van der Waals surface area contributed by atoms with Crippen LogP contribution in [0, 0.1) is 6.92 Å². The number of aryl methyl sites for hydroxylation is 1. The summed E-state index contributed by atoms with van der Waals surface area (Å²) in [6.45, 7) is 6.18. The lowest BCUT2D eigenvalue weighted by Gasteiger charge is -2.18. The predicted molar refractivity (Wildman–Crippen MR) is 65.3 cm³/mol. The summed E-state index contributed by atoms with van der Waals surface area (Å²) >= 11 is 0. The van der Waals surface area contributed by atoms with Gasteiger partial charge in [-0.3, -0.25) is 0 Å². The lowest BCUT2D eigenvalue weighted by atomic mass is 10.2. The zero-order valence-corrected chi connectivity index (χ0v) is 10.2. The van der Waals surface area contributed by atoms with Crippen molar-refractivity contribution in [1.82, 2.24) is 10.3 Å². The molecule has 0 amide bonds. The molecule has 0 aliphatic carbocycles. The molecule has 0 bridgehead atoms. The molecular formula is C12H21N3. The summed E-state index contributed by atoms with van der Waals surface area (Å²) in [5.74, 6) is 1.07. The van der Waals surface area contributed by atoms with Crippen LogP contribution in [-0.2, 0) is 6.54 Å². The largest absolute Gasteiger partial charge is 0.360 e. The number of anilines is 1. The highest BCUT2D eigenvalue weighted by molar-refractivity contribution is 5.41. The van der Waals surface area contributed by atoms with Crippen LogP contribution in [0.4, 0.5) is 5.82 Å². The van der Waals surface area contributed by atoms with Gasteiger partial charge in [0.1, 0.15) is 5.82 Å². The van der Waals surface area contributed by atoms with Gasteiger partial charge in [-0.2, -0.15) is 0 Å². The summed E-state index contributed by atoms with van der Waals surface area (Å²) in [6.07, 6.45) is 1.15. The zero-order chi connectivity index (χ0) is 11.3. The van der Waals surface area contributed by atoms with E-state index in [1.807, 2.05) is 14.0 Å². The molecule has 0 radical (unpaired) electrons. The van der Waals surface area contributed by atoms with Crippen molar-refractivity contribution in [1.29, 1.82) is 0 Å². The third-order valence-electron chi connectivity index (χ3n) is 2.33. The number of hydrogen-bond acceptors (Lipinski definition) is 3. The van der Waals surface area contributed by atoms with Gasteiger partial charge < -0.3 is 10.2 Å². The second-order valence-electron chi connectivity index (χ2n) is 3.93. The number of nitrogens with zero attached hydrogens (tertiary/aromatic N) is 2. The fourth-order valence-electron chi connectivity index (χ4n) is 1.67. The van der Waals surface area contributed by atoms with Gasteiger partial charge in [-0.25, -0.2) is 4.98 Å². The minimum absolute atomic E-state index is 0.899. The molecule has 0 unspecified atom stereocenters. The van der Waals surface area contributed by atoms with E-state index >= 15 is 0 Å². The smallest absolute Gasteiger partial charge is 0.128 e. The summed E-state index contributed by atoms with van der Waals surface area (Å²) in [7, 11) is 4.06. The highest BCUT2D eigenvalue weighted by atomic mass is 15.2. The number of rotatable bonds is 5. The third-order valence-corrected chi connectivity index (χ3v) is 2.33. The summed E-state index contributed by atoms with van der Waals surface area (Å²) in [6, 6.07) is 4.28. The van der Waals surface area contributed by atoms with E-state index in [0.29, 0.717) is 0 Å². The van der Waals surface area contributed by atoms with Crippen LogP contribution in [0.15, 0.2) is 12.1 Å². The van der Waals surface area contributed by atoms with Gasteiger partial charge in [0, 0.05) is 25.8 Å². The van der Waals surface area contributed by atoms with Crippen LogP contribution in [0.2, 0.25) is 0 Å². The van der Waals surface area contributed by atoms with Crippen LogP contribution in [0.5, 0.6) is 0 Å². The second-order valence-corrected chi connectivity index (χ2v) is 3.93. The van der Waals surface area contributed by atoms with Crippen molar-refractivity contribution < 1.29 is 0 Å². The fourth-order valence-corrected chi connectivity index (χ4v) is 1.67. The lowest BCUT2D eigenvalue weighted by molar-refractivity contribution is 0.802. The molecule has 1 aromatic heterocycles. The Balaban J connectivity index is 2.87. The lowest BCUT2D eigenvalue weighted by Crippen LogP contribution is -2.20. The van der Waals surface area contributed by atoms with Crippen molar-refractivity contribution in [3.05, 3.63) is 23.4 Å². The van der Waals surface area contributed by atoms with E-state index in [-0.39, 0.29) is 0 Å². The molecule has 1 aromatic rings. The molecule has 3 nitrogen and oxygen atoms in total. The minimum Gasteiger partial charge on any atom is -0.360 e. The van der Waals surface area contributed by atoms with Crippen LogP contribution < -0.4 is 10.2 Å². The standard InChI is InChI=1S/C12H21N3/c1-5-6-15(4)12-8-11(9-13-3)7-10(2)14-12/h7-8,13H,5-6,9H2,1-4H3. The van der Waals surface area contributed by atoms with Gasteiger partial charge in [0.05, 0.1) is 0 Å². The van der Waals surface area contributed by atoms with Gasteiger partial charge in [0.15, 0.2) is 0 Å². The third kappa shape index (κ3) is 3.51. The molecule has 0 atom stereocenters. The average Bonchev–Trinajstić information content (AvgIpc) is 2.17. The molecule has 3 heteroatoms. The molecule has 0 aromatic carbocycles. The number of nitrogens with one attached hydrogen (secondary N) is 1. The molecule has 0 fully saturated rings. The molecule has 1 heterocycles. The van der Waals surface area contributed by atoms with Gasteiger partial charge in [-0.1, -0.05) is 6.92 Å². The first-order chi connectivity index (χ1) is 7.17. The minimum atomic E-state index is 0.899. The topological polar surface area (TPSA) is 28.2 Å². The highest BCUT2D eigenvalue weighted by Crippen LogP contribution is 2.13. The van der Waals surface area contributed by atoms with Crippen molar-refractivity contribution >= 4 is 5.82 Å². The van der Waals surface area contributed by atoms with Crippen molar-refractivity contribution in [2.24, 2.45) is 0 Å². The normalized spacial score (nSPS) is 10.4. The van der Waals surface area contributed by atoms with Gasteiger partial charge in [0.25, 0.3) is 0 Å². The summed E-state index contributed by atoms with van der Waals surface area (Å²) in [5, 5.41) is 3.16. The number of aromatic nitrogens is 1. The number of pyridine rings is 1. The maximum atomic E-state index is 4.53. The first kappa shape index (κ1) is 12.0. The molecule has 0 aliphatic heterocycles. The summed E-state index contributed by atoms with van der Waals surface area (Å²) in [5.41, 5.74) is 2.38. The van der Waals surface area contributed by atoms with Crippen molar-refractivity contribution in [2.45, 2.75) is 26.8 Å². The van der Waals surface area contributed by atoms with E-state index < -0.39 is 0 Å². The first-order valence-corrected chi connectivity index (χ1v) is 5.50. The fraction of sp³-hybridized carbons (Fsp3) is 0.583. The van der Waals surface area contributed by atoms with E-state index in [1.165, 1.54) is 5.56 Å². The predicted octanol–water partition coefficient (Wildman–Crippen LogP) is 1.96. The van der Waals surface area contributed by atoms with Crippen molar-refractivity contribution in [3.8, 4) is 0 Å². The Hall–Kier alpha value is -1.09. The highest BCUT2D eigenvalue weighted by Gasteiger charge is 2.03. The molecule has 0 aliphatic rings. The molecule has 15 heavy (non-hydrogen) atoms. The van der Waals surface area contributed by atoms with Crippen LogP contribution in [0.1, 0.15) is 24.6 Å². The Morgan fingerprint density at radius 3 is 2.73 bits per heavy atom. The summed E-state index contributed by atoms with van der Waals surface area (Å²) < 4.78 is 0. The maximum Gasteiger partial charge on any atom is 0.128 e. The summed E-state index contributed by atoms with van der Waals surface area (Å²) in [4.78, 5) is 6.73. The first-order valence-electron chi connectivity index (χ1n) is 5.50. The molecular weight excluding hydrogens is 186 g/mol. The van der Waals surface area contributed by atoms with Crippen LogP contribution in [0.3, 0.4) is 0 Å². The van der Waals surface area contributed by atoms with E-state index in [1.54, 1.807) is 0 Å². The molecule has 1 N–H and O–H groups in total. The van der Waals surface area contributed by atoms with Crippen LogP contribution in [0.25, 0.3) is 0 Å². The van der Waals surface area contributed by atoms with E-state index in [0.717, 1.165) is 31.0 Å². The van der Waals surface area contributed by atoms with Gasteiger partial charge in [0.2, 0.25) is 0 Å². The molecule has 1 rings (SSSR count). The monoisotopic (exact) mass is 207 g/mol. The van der Waals surface area contributed by atoms with Gasteiger partial charge >= 0.3 is 0 Å². The van der Waals surface area contributed by atoms with Crippen LogP contribution >= 0.6 is 0 Å².